The first-order chi connectivity index (χ1) is 9.83. The molecule has 0 spiro atoms. The molecule has 110 valence electrons. The first-order valence-electron chi connectivity index (χ1n) is 8.25. The summed E-state index contributed by atoms with van der Waals surface area (Å²) >= 11 is 0. The Kier molecular flexibility index (Phi) is 4.56. The van der Waals surface area contributed by atoms with Crippen molar-refractivity contribution in [2.45, 2.75) is 57.5 Å². The molecule has 2 unspecified atom stereocenters. The lowest BCUT2D eigenvalue weighted by Crippen LogP contribution is -2.49. The van der Waals surface area contributed by atoms with E-state index in [-0.39, 0.29) is 0 Å². The molecule has 0 radical (unpaired) electrons. The van der Waals surface area contributed by atoms with Gasteiger partial charge >= 0.3 is 0 Å². The number of anilines is 1. The van der Waals surface area contributed by atoms with Gasteiger partial charge in [0.05, 0.1) is 0 Å². The number of pyridine rings is 1. The molecule has 1 aliphatic heterocycles. The topological polar surface area (TPSA) is 28.2 Å². The minimum absolute atomic E-state index is 0.709. The van der Waals surface area contributed by atoms with Crippen molar-refractivity contribution in [1.82, 2.24) is 10.3 Å². The SMILES string of the molecule is CC1CCCCC1NC1CCN(c2ccccn2)CC1. The van der Waals surface area contributed by atoms with Gasteiger partial charge in [0.15, 0.2) is 0 Å². The van der Waals surface area contributed by atoms with Crippen molar-refractivity contribution in [1.29, 1.82) is 0 Å². The predicted octanol–water partition coefficient (Wildman–Crippen LogP) is 3.22. The lowest BCUT2D eigenvalue weighted by atomic mass is 9.85. The van der Waals surface area contributed by atoms with Gasteiger partial charge in [0.1, 0.15) is 5.82 Å². The van der Waals surface area contributed by atoms with Gasteiger partial charge < -0.3 is 10.2 Å². The fraction of sp³-hybridized carbons (Fsp3) is 0.706. The average molecular weight is 273 g/mol. The third-order valence-electron chi connectivity index (χ3n) is 5.03. The van der Waals surface area contributed by atoms with E-state index in [1.165, 1.54) is 38.5 Å². The Morgan fingerprint density at radius 3 is 2.60 bits per heavy atom. The fourth-order valence-corrected chi connectivity index (χ4v) is 3.68. The van der Waals surface area contributed by atoms with Crippen molar-refractivity contribution in [2.24, 2.45) is 5.92 Å². The highest BCUT2D eigenvalue weighted by Gasteiger charge is 2.26. The fourth-order valence-electron chi connectivity index (χ4n) is 3.68. The summed E-state index contributed by atoms with van der Waals surface area (Å²) in [5.41, 5.74) is 0. The van der Waals surface area contributed by atoms with Crippen LogP contribution in [-0.4, -0.2) is 30.2 Å². The van der Waals surface area contributed by atoms with Crippen LogP contribution in [0.2, 0.25) is 0 Å². The number of hydrogen-bond acceptors (Lipinski definition) is 3. The smallest absolute Gasteiger partial charge is 0.128 e. The minimum atomic E-state index is 0.709. The van der Waals surface area contributed by atoms with Crippen LogP contribution in [0.3, 0.4) is 0 Å². The van der Waals surface area contributed by atoms with Gasteiger partial charge in [-0.1, -0.05) is 25.8 Å². The second-order valence-corrected chi connectivity index (χ2v) is 6.48. The molecule has 0 aromatic carbocycles. The number of nitrogens with one attached hydrogen (secondary N) is 1. The molecule has 1 aromatic heterocycles. The molecule has 1 saturated carbocycles. The van der Waals surface area contributed by atoms with Crippen molar-refractivity contribution < 1.29 is 0 Å². The van der Waals surface area contributed by atoms with Crippen LogP contribution in [0.4, 0.5) is 5.82 Å². The molecule has 2 aliphatic rings. The zero-order valence-corrected chi connectivity index (χ0v) is 12.6. The summed E-state index contributed by atoms with van der Waals surface area (Å²) in [6.45, 7) is 4.69. The standard InChI is InChI=1S/C17H27N3/c1-14-6-2-3-7-16(14)19-15-9-12-20(13-10-15)17-8-4-5-11-18-17/h4-5,8,11,14-16,19H,2-3,6-7,9-10,12-13H2,1H3. The largest absolute Gasteiger partial charge is 0.357 e. The quantitative estimate of drug-likeness (QED) is 0.916. The molecule has 1 aliphatic carbocycles. The van der Waals surface area contributed by atoms with E-state index in [1.54, 1.807) is 0 Å². The molecule has 1 N–H and O–H groups in total. The summed E-state index contributed by atoms with van der Waals surface area (Å²) in [6, 6.07) is 7.66. The van der Waals surface area contributed by atoms with Crippen LogP contribution in [0.1, 0.15) is 45.4 Å². The van der Waals surface area contributed by atoms with Gasteiger partial charge in [-0.25, -0.2) is 4.98 Å². The van der Waals surface area contributed by atoms with Gasteiger partial charge in [-0.2, -0.15) is 0 Å². The third-order valence-corrected chi connectivity index (χ3v) is 5.03. The van der Waals surface area contributed by atoms with Crippen molar-refractivity contribution in [3.63, 3.8) is 0 Å². The van der Waals surface area contributed by atoms with Gasteiger partial charge in [0.2, 0.25) is 0 Å². The van der Waals surface area contributed by atoms with Crippen LogP contribution in [0.5, 0.6) is 0 Å². The van der Waals surface area contributed by atoms with E-state index in [0.717, 1.165) is 30.9 Å². The van der Waals surface area contributed by atoms with E-state index in [9.17, 15) is 0 Å². The maximum absolute atomic E-state index is 4.46. The molecule has 1 saturated heterocycles. The van der Waals surface area contributed by atoms with Crippen LogP contribution in [-0.2, 0) is 0 Å². The van der Waals surface area contributed by atoms with Crippen LogP contribution >= 0.6 is 0 Å². The predicted molar refractivity (Wildman–Crippen MR) is 84.0 cm³/mol. The van der Waals surface area contributed by atoms with Gasteiger partial charge in [0.25, 0.3) is 0 Å². The first kappa shape index (κ1) is 13.9. The highest BCUT2D eigenvalue weighted by Crippen LogP contribution is 2.25. The molecule has 3 nitrogen and oxygen atoms in total. The maximum Gasteiger partial charge on any atom is 0.128 e. The zero-order valence-electron chi connectivity index (χ0n) is 12.6. The van der Waals surface area contributed by atoms with Gasteiger partial charge in [-0.3, -0.25) is 0 Å². The normalized spacial score (nSPS) is 28.6. The molecular formula is C17H27N3. The van der Waals surface area contributed by atoms with Gasteiger partial charge in [0, 0.05) is 31.4 Å². The van der Waals surface area contributed by atoms with Crippen LogP contribution in [0.25, 0.3) is 0 Å². The third kappa shape index (κ3) is 3.32. The summed E-state index contributed by atoms with van der Waals surface area (Å²) in [5, 5.41) is 3.93. The second kappa shape index (κ2) is 6.57. The maximum atomic E-state index is 4.46. The zero-order chi connectivity index (χ0) is 13.8. The molecule has 2 heterocycles. The molecule has 2 atom stereocenters. The summed E-state index contributed by atoms with van der Waals surface area (Å²) in [4.78, 5) is 6.88. The highest BCUT2D eigenvalue weighted by molar-refractivity contribution is 5.38. The first-order valence-corrected chi connectivity index (χ1v) is 8.25. The Morgan fingerprint density at radius 2 is 1.90 bits per heavy atom. The van der Waals surface area contributed by atoms with Crippen molar-refractivity contribution in [3.05, 3.63) is 24.4 Å². The summed E-state index contributed by atoms with van der Waals surface area (Å²) in [7, 11) is 0. The minimum Gasteiger partial charge on any atom is -0.357 e. The van der Waals surface area contributed by atoms with E-state index in [2.05, 4.69) is 34.3 Å². The second-order valence-electron chi connectivity index (χ2n) is 6.48. The van der Waals surface area contributed by atoms with Gasteiger partial charge in [-0.15, -0.1) is 0 Å². The number of hydrogen-bond donors (Lipinski definition) is 1. The number of nitrogens with zero attached hydrogens (tertiary/aromatic N) is 2. The molecule has 0 amide bonds. The molecule has 3 rings (SSSR count). The molecule has 0 bridgehead atoms. The van der Waals surface area contributed by atoms with E-state index < -0.39 is 0 Å². The van der Waals surface area contributed by atoms with E-state index >= 15 is 0 Å². The monoisotopic (exact) mass is 273 g/mol. The molecular weight excluding hydrogens is 246 g/mol. The van der Waals surface area contributed by atoms with Gasteiger partial charge in [-0.05, 0) is 43.7 Å². The van der Waals surface area contributed by atoms with Crippen LogP contribution < -0.4 is 10.2 Å². The lowest BCUT2D eigenvalue weighted by molar-refractivity contribution is 0.243. The number of piperidine rings is 1. The average Bonchev–Trinajstić information content (AvgIpc) is 2.51. The molecule has 3 heteroatoms. The van der Waals surface area contributed by atoms with Crippen LogP contribution in [0, 0.1) is 5.92 Å². The number of aromatic nitrogens is 1. The molecule has 1 aromatic rings. The van der Waals surface area contributed by atoms with Crippen molar-refractivity contribution >= 4 is 5.82 Å². The Morgan fingerprint density at radius 1 is 1.10 bits per heavy atom. The van der Waals surface area contributed by atoms with E-state index in [1.807, 2.05) is 12.3 Å². The highest BCUT2D eigenvalue weighted by atomic mass is 15.2. The molecule has 2 fully saturated rings. The molecule has 20 heavy (non-hydrogen) atoms. The van der Waals surface area contributed by atoms with E-state index in [4.69, 9.17) is 0 Å². The summed E-state index contributed by atoms with van der Waals surface area (Å²) < 4.78 is 0. The lowest BCUT2D eigenvalue weighted by Gasteiger charge is -2.38. The summed E-state index contributed by atoms with van der Waals surface area (Å²) in [5.74, 6) is 1.99. The van der Waals surface area contributed by atoms with Crippen molar-refractivity contribution in [2.75, 3.05) is 18.0 Å². The Bertz CT molecular complexity index is 398. The summed E-state index contributed by atoms with van der Waals surface area (Å²) in [6.07, 6.45) is 10.0. The Balaban J connectivity index is 1.49. The van der Waals surface area contributed by atoms with Crippen LogP contribution in [0.15, 0.2) is 24.4 Å². The van der Waals surface area contributed by atoms with E-state index in [0.29, 0.717) is 6.04 Å². The Hall–Kier alpha value is -1.09. The number of rotatable bonds is 3. The van der Waals surface area contributed by atoms with Crippen molar-refractivity contribution in [3.8, 4) is 0 Å². The Labute approximate surface area is 122 Å².